The van der Waals surface area contributed by atoms with Crippen molar-refractivity contribution < 1.29 is 19.0 Å². The summed E-state index contributed by atoms with van der Waals surface area (Å²) in [7, 11) is 0. The minimum atomic E-state index is -1.19. The third-order valence-electron chi connectivity index (χ3n) is 1.99. The van der Waals surface area contributed by atoms with Crippen molar-refractivity contribution in [2.24, 2.45) is 0 Å². The fourth-order valence-corrected chi connectivity index (χ4v) is 1.78. The van der Waals surface area contributed by atoms with E-state index >= 15 is 0 Å². The summed E-state index contributed by atoms with van der Waals surface area (Å²) in [5, 5.41) is 10.6. The second-order valence-electron chi connectivity index (χ2n) is 3.25. The summed E-state index contributed by atoms with van der Waals surface area (Å²) in [6.45, 7) is 0.187. The predicted octanol–water partition coefficient (Wildman–Crippen LogP) is 2.56. The summed E-state index contributed by atoms with van der Waals surface area (Å²) in [4.78, 5) is 14.7. The third-order valence-corrected chi connectivity index (χ3v) is 2.62. The van der Waals surface area contributed by atoms with Crippen molar-refractivity contribution in [3.63, 3.8) is 0 Å². The highest BCUT2D eigenvalue weighted by molar-refractivity contribution is 7.07. The van der Waals surface area contributed by atoms with Crippen molar-refractivity contribution in [1.29, 1.82) is 0 Å². The molecule has 2 aromatic rings. The Morgan fingerprint density at radius 2 is 2.29 bits per heavy atom. The lowest BCUT2D eigenvalue weighted by Crippen LogP contribution is -2.00. The molecule has 0 saturated carbocycles. The van der Waals surface area contributed by atoms with E-state index in [0.717, 1.165) is 17.8 Å². The Bertz CT molecular complexity index is 528. The Balaban J connectivity index is 2.13. The number of hydrogen-bond donors (Lipinski definition) is 1. The molecule has 0 fully saturated rings. The van der Waals surface area contributed by atoms with Crippen molar-refractivity contribution >= 4 is 17.3 Å². The fourth-order valence-electron chi connectivity index (χ4n) is 1.24. The van der Waals surface area contributed by atoms with Crippen LogP contribution in [0, 0.1) is 5.82 Å². The maximum atomic E-state index is 13.1. The van der Waals surface area contributed by atoms with Crippen LogP contribution in [0.5, 0.6) is 5.75 Å². The molecule has 17 heavy (non-hydrogen) atoms. The molecule has 0 aliphatic rings. The summed E-state index contributed by atoms with van der Waals surface area (Å²) in [6.07, 6.45) is 0. The zero-order chi connectivity index (χ0) is 12.3. The van der Waals surface area contributed by atoms with Gasteiger partial charge in [-0.2, -0.15) is 0 Å². The molecule has 0 atom stereocenters. The Hall–Kier alpha value is -1.95. The molecule has 0 amide bonds. The molecule has 0 bridgehead atoms. The number of rotatable bonds is 4. The quantitative estimate of drug-likeness (QED) is 0.909. The maximum Gasteiger partial charge on any atom is 0.335 e. The van der Waals surface area contributed by atoms with Gasteiger partial charge in [-0.1, -0.05) is 0 Å². The molecule has 0 spiro atoms. The normalized spacial score (nSPS) is 10.2. The molecular weight excluding hydrogens is 245 g/mol. The predicted molar refractivity (Wildman–Crippen MR) is 59.8 cm³/mol. The van der Waals surface area contributed by atoms with Crippen LogP contribution in [-0.2, 0) is 6.61 Å². The second-order valence-corrected chi connectivity index (χ2v) is 3.97. The molecule has 0 aliphatic carbocycles. The minimum absolute atomic E-state index is 0.140. The average molecular weight is 253 g/mol. The number of aromatic carboxylic acids is 1. The molecule has 4 nitrogen and oxygen atoms in total. The van der Waals surface area contributed by atoms with Crippen molar-refractivity contribution in [3.8, 4) is 5.75 Å². The Morgan fingerprint density at radius 1 is 1.47 bits per heavy atom. The van der Waals surface area contributed by atoms with Gasteiger partial charge in [0.15, 0.2) is 0 Å². The van der Waals surface area contributed by atoms with Crippen LogP contribution in [0.4, 0.5) is 4.39 Å². The van der Waals surface area contributed by atoms with E-state index in [4.69, 9.17) is 9.84 Å². The van der Waals surface area contributed by atoms with Crippen molar-refractivity contribution in [2.75, 3.05) is 0 Å². The highest BCUT2D eigenvalue weighted by Gasteiger charge is 2.08. The van der Waals surface area contributed by atoms with Gasteiger partial charge in [0, 0.05) is 11.4 Å². The van der Waals surface area contributed by atoms with Crippen molar-refractivity contribution in [1.82, 2.24) is 4.98 Å². The molecule has 0 radical (unpaired) electrons. The lowest BCUT2D eigenvalue weighted by Gasteiger charge is -2.05. The number of carbonyl (C=O) groups is 1. The number of carboxylic acids is 1. The van der Waals surface area contributed by atoms with Crippen molar-refractivity contribution in [2.45, 2.75) is 6.61 Å². The van der Waals surface area contributed by atoms with E-state index in [1.807, 2.05) is 0 Å². The first-order valence-corrected chi connectivity index (χ1v) is 5.63. The molecule has 0 unspecified atom stereocenters. The first-order chi connectivity index (χ1) is 8.15. The molecule has 1 N–H and O–H groups in total. The van der Waals surface area contributed by atoms with Crippen LogP contribution in [0.15, 0.2) is 29.1 Å². The second kappa shape index (κ2) is 4.92. The zero-order valence-electron chi connectivity index (χ0n) is 8.59. The molecule has 6 heteroatoms. The lowest BCUT2D eigenvalue weighted by molar-refractivity contribution is 0.0695. The molecule has 88 valence electrons. The fraction of sp³-hybridized carbons (Fsp3) is 0.0909. The largest absolute Gasteiger partial charge is 0.487 e. The van der Waals surface area contributed by atoms with Gasteiger partial charge >= 0.3 is 5.97 Å². The van der Waals surface area contributed by atoms with E-state index in [9.17, 15) is 9.18 Å². The van der Waals surface area contributed by atoms with Gasteiger partial charge in [-0.3, -0.25) is 0 Å². The Kier molecular flexibility index (Phi) is 3.34. The van der Waals surface area contributed by atoms with E-state index in [0.29, 0.717) is 0 Å². The van der Waals surface area contributed by atoms with Crippen LogP contribution < -0.4 is 4.74 Å². The van der Waals surface area contributed by atoms with Gasteiger partial charge in [0.1, 0.15) is 18.2 Å². The number of ether oxygens (including phenoxy) is 1. The average Bonchev–Trinajstić information content (AvgIpc) is 2.78. The Labute approximate surface area is 100 Å². The summed E-state index contributed by atoms with van der Waals surface area (Å²) in [5.74, 6) is -1.66. The van der Waals surface area contributed by atoms with E-state index in [2.05, 4.69) is 4.98 Å². The Morgan fingerprint density at radius 3 is 2.94 bits per heavy atom. The van der Waals surface area contributed by atoms with E-state index in [1.165, 1.54) is 17.4 Å². The summed E-state index contributed by atoms with van der Waals surface area (Å²) >= 11 is 1.43. The van der Waals surface area contributed by atoms with Gasteiger partial charge in [0.05, 0.1) is 16.8 Å². The molecule has 0 aliphatic heterocycles. The standard InChI is InChI=1S/C11H8FNO3S/c12-8-1-7(11(14)15)2-10(3-8)16-4-9-5-17-6-13-9/h1-3,5-6H,4H2,(H,14,15). The molecule has 1 heterocycles. The third kappa shape index (κ3) is 3.01. The number of carboxylic acid groups (broad SMARTS) is 1. The first-order valence-electron chi connectivity index (χ1n) is 4.69. The highest BCUT2D eigenvalue weighted by atomic mass is 32.1. The lowest BCUT2D eigenvalue weighted by atomic mass is 10.2. The van der Waals surface area contributed by atoms with E-state index < -0.39 is 11.8 Å². The highest BCUT2D eigenvalue weighted by Crippen LogP contribution is 2.18. The number of nitrogens with zero attached hydrogens (tertiary/aromatic N) is 1. The van der Waals surface area contributed by atoms with Gasteiger partial charge in [0.2, 0.25) is 0 Å². The number of thiazole rings is 1. The summed E-state index contributed by atoms with van der Waals surface area (Å²) < 4.78 is 18.4. The van der Waals surface area contributed by atoms with Crippen LogP contribution in [-0.4, -0.2) is 16.1 Å². The smallest absolute Gasteiger partial charge is 0.335 e. The molecular formula is C11H8FNO3S. The number of aromatic nitrogens is 1. The van der Waals surface area contributed by atoms with Crippen LogP contribution in [0.2, 0.25) is 0 Å². The topological polar surface area (TPSA) is 59.4 Å². The molecule has 1 aromatic heterocycles. The number of halogens is 1. The minimum Gasteiger partial charge on any atom is -0.487 e. The van der Waals surface area contributed by atoms with Gasteiger partial charge in [-0.05, 0) is 12.1 Å². The van der Waals surface area contributed by atoms with Gasteiger partial charge in [-0.15, -0.1) is 11.3 Å². The van der Waals surface area contributed by atoms with Gasteiger partial charge in [0.25, 0.3) is 0 Å². The van der Waals surface area contributed by atoms with Crippen molar-refractivity contribution in [3.05, 3.63) is 46.2 Å². The van der Waals surface area contributed by atoms with Gasteiger partial charge in [-0.25, -0.2) is 14.2 Å². The van der Waals surface area contributed by atoms with Gasteiger partial charge < -0.3 is 9.84 Å². The van der Waals surface area contributed by atoms with Crippen LogP contribution >= 0.6 is 11.3 Å². The summed E-state index contributed by atoms with van der Waals surface area (Å²) in [5.41, 5.74) is 2.24. The van der Waals surface area contributed by atoms with E-state index in [-0.39, 0.29) is 17.9 Å². The number of hydrogen-bond acceptors (Lipinski definition) is 4. The SMILES string of the molecule is O=C(O)c1cc(F)cc(OCc2cscn2)c1. The van der Waals surface area contributed by atoms with Crippen LogP contribution in [0.25, 0.3) is 0 Å². The zero-order valence-corrected chi connectivity index (χ0v) is 9.41. The monoisotopic (exact) mass is 253 g/mol. The van der Waals surface area contributed by atoms with Crippen LogP contribution in [0.1, 0.15) is 16.1 Å². The maximum absolute atomic E-state index is 13.1. The molecule has 2 rings (SSSR count). The summed E-state index contributed by atoms with van der Waals surface area (Å²) in [6, 6.07) is 3.36. The first kappa shape index (κ1) is 11.5. The van der Waals surface area contributed by atoms with Crippen LogP contribution in [0.3, 0.4) is 0 Å². The number of benzene rings is 1. The van der Waals surface area contributed by atoms with E-state index in [1.54, 1.807) is 10.9 Å². The molecule has 1 aromatic carbocycles. The molecule has 0 saturated heterocycles.